The highest BCUT2D eigenvalue weighted by Crippen LogP contribution is 2.23. The molecule has 0 unspecified atom stereocenters. The quantitative estimate of drug-likeness (QED) is 0.871. The number of hydrogen-bond donors (Lipinski definition) is 2. The molecule has 0 radical (unpaired) electrons. The van der Waals surface area contributed by atoms with Crippen LogP contribution in [-0.2, 0) is 0 Å². The highest BCUT2D eigenvalue weighted by atomic mass is 79.9. The molecule has 1 saturated heterocycles. The first kappa shape index (κ1) is 14.8. The first-order chi connectivity index (χ1) is 9.09. The molecule has 1 aromatic rings. The summed E-state index contributed by atoms with van der Waals surface area (Å²) in [5.74, 6) is 0. The molecule has 19 heavy (non-hydrogen) atoms. The van der Waals surface area contributed by atoms with Crippen molar-refractivity contribution in [3.8, 4) is 0 Å². The van der Waals surface area contributed by atoms with Crippen molar-refractivity contribution in [3.63, 3.8) is 0 Å². The summed E-state index contributed by atoms with van der Waals surface area (Å²) in [6, 6.07) is 8.29. The molecule has 0 saturated carbocycles. The zero-order chi connectivity index (χ0) is 13.7. The SMILES string of the molecule is CC(C)(CCNc1ccccc1Br)N1CCNCC1. The van der Waals surface area contributed by atoms with E-state index >= 15 is 0 Å². The maximum absolute atomic E-state index is 3.57. The van der Waals surface area contributed by atoms with Gasteiger partial charge in [-0.2, -0.15) is 0 Å². The van der Waals surface area contributed by atoms with Crippen molar-refractivity contribution in [2.45, 2.75) is 25.8 Å². The van der Waals surface area contributed by atoms with E-state index in [1.54, 1.807) is 0 Å². The summed E-state index contributed by atoms with van der Waals surface area (Å²) in [5, 5.41) is 6.93. The molecule has 1 heterocycles. The number of anilines is 1. The molecular formula is C15H24BrN3. The van der Waals surface area contributed by atoms with Crippen LogP contribution in [0.5, 0.6) is 0 Å². The fourth-order valence-electron chi connectivity index (χ4n) is 2.54. The van der Waals surface area contributed by atoms with Crippen molar-refractivity contribution in [3.05, 3.63) is 28.7 Å². The van der Waals surface area contributed by atoms with E-state index in [9.17, 15) is 0 Å². The van der Waals surface area contributed by atoms with Crippen molar-refractivity contribution in [1.82, 2.24) is 10.2 Å². The molecule has 1 fully saturated rings. The lowest BCUT2D eigenvalue weighted by molar-refractivity contribution is 0.0987. The summed E-state index contributed by atoms with van der Waals surface area (Å²) >= 11 is 3.57. The number of nitrogens with zero attached hydrogens (tertiary/aromatic N) is 1. The number of nitrogens with one attached hydrogen (secondary N) is 2. The van der Waals surface area contributed by atoms with Crippen LogP contribution in [-0.4, -0.2) is 43.2 Å². The minimum atomic E-state index is 0.260. The largest absolute Gasteiger partial charge is 0.384 e. The van der Waals surface area contributed by atoms with Crippen LogP contribution in [0.2, 0.25) is 0 Å². The van der Waals surface area contributed by atoms with Gasteiger partial charge in [0.15, 0.2) is 0 Å². The van der Waals surface area contributed by atoms with Crippen LogP contribution in [0.15, 0.2) is 28.7 Å². The number of halogens is 1. The van der Waals surface area contributed by atoms with E-state index in [1.807, 2.05) is 6.07 Å². The minimum Gasteiger partial charge on any atom is -0.384 e. The van der Waals surface area contributed by atoms with Gasteiger partial charge in [-0.25, -0.2) is 0 Å². The Kier molecular flexibility index (Phi) is 5.25. The Morgan fingerprint density at radius 3 is 2.63 bits per heavy atom. The zero-order valence-corrected chi connectivity index (χ0v) is 13.5. The number of para-hydroxylation sites is 1. The topological polar surface area (TPSA) is 27.3 Å². The minimum absolute atomic E-state index is 0.260. The summed E-state index contributed by atoms with van der Waals surface area (Å²) in [4.78, 5) is 2.59. The van der Waals surface area contributed by atoms with Crippen LogP contribution in [0.1, 0.15) is 20.3 Å². The highest BCUT2D eigenvalue weighted by molar-refractivity contribution is 9.10. The van der Waals surface area contributed by atoms with Crippen molar-refractivity contribution < 1.29 is 0 Å². The van der Waals surface area contributed by atoms with Gasteiger partial charge in [0.05, 0.1) is 0 Å². The van der Waals surface area contributed by atoms with Crippen LogP contribution in [0.4, 0.5) is 5.69 Å². The molecule has 3 nitrogen and oxygen atoms in total. The van der Waals surface area contributed by atoms with E-state index in [0.717, 1.165) is 43.6 Å². The third-order valence-corrected chi connectivity index (χ3v) is 4.59. The summed E-state index contributed by atoms with van der Waals surface area (Å²) in [7, 11) is 0. The Morgan fingerprint density at radius 2 is 1.95 bits per heavy atom. The van der Waals surface area contributed by atoms with Crippen LogP contribution in [0.3, 0.4) is 0 Å². The van der Waals surface area contributed by atoms with E-state index < -0.39 is 0 Å². The van der Waals surface area contributed by atoms with Crippen LogP contribution in [0, 0.1) is 0 Å². The molecule has 0 aliphatic carbocycles. The summed E-state index contributed by atoms with van der Waals surface area (Å²) < 4.78 is 1.13. The van der Waals surface area contributed by atoms with Crippen molar-refractivity contribution in [1.29, 1.82) is 0 Å². The zero-order valence-electron chi connectivity index (χ0n) is 11.9. The van der Waals surface area contributed by atoms with E-state index in [2.05, 4.69) is 63.5 Å². The number of benzene rings is 1. The van der Waals surface area contributed by atoms with E-state index in [-0.39, 0.29) is 5.54 Å². The van der Waals surface area contributed by atoms with Gasteiger partial charge in [0.2, 0.25) is 0 Å². The third-order valence-electron chi connectivity index (χ3n) is 3.90. The van der Waals surface area contributed by atoms with Crippen molar-refractivity contribution >= 4 is 21.6 Å². The second-order valence-electron chi connectivity index (χ2n) is 5.71. The second-order valence-corrected chi connectivity index (χ2v) is 6.56. The predicted molar refractivity (Wildman–Crippen MR) is 85.8 cm³/mol. The Balaban J connectivity index is 1.82. The molecule has 0 spiro atoms. The van der Waals surface area contributed by atoms with E-state index in [1.165, 1.54) is 5.69 Å². The van der Waals surface area contributed by atoms with Gasteiger partial charge in [0, 0.05) is 48.4 Å². The molecule has 2 rings (SSSR count). The molecule has 1 aliphatic heterocycles. The lowest BCUT2D eigenvalue weighted by Crippen LogP contribution is -2.53. The second kappa shape index (κ2) is 6.73. The summed E-state index contributed by atoms with van der Waals surface area (Å²) in [6.45, 7) is 10.2. The van der Waals surface area contributed by atoms with Gasteiger partial charge in [-0.15, -0.1) is 0 Å². The molecule has 0 atom stereocenters. The highest BCUT2D eigenvalue weighted by Gasteiger charge is 2.27. The Labute approximate surface area is 124 Å². The molecule has 106 valence electrons. The average molecular weight is 326 g/mol. The maximum atomic E-state index is 3.57. The third kappa shape index (κ3) is 4.20. The molecule has 4 heteroatoms. The van der Waals surface area contributed by atoms with E-state index in [4.69, 9.17) is 0 Å². The van der Waals surface area contributed by atoms with Gasteiger partial charge in [0.25, 0.3) is 0 Å². The standard InChI is InChI=1S/C15H24BrN3/c1-15(2,19-11-9-17-10-12-19)7-8-18-14-6-4-3-5-13(14)16/h3-6,17-18H,7-12H2,1-2H3. The molecule has 0 aromatic heterocycles. The first-order valence-electron chi connectivity index (χ1n) is 7.04. The lowest BCUT2D eigenvalue weighted by Gasteiger charge is -2.41. The lowest BCUT2D eigenvalue weighted by atomic mass is 9.97. The van der Waals surface area contributed by atoms with Gasteiger partial charge in [-0.05, 0) is 48.3 Å². The fourth-order valence-corrected chi connectivity index (χ4v) is 2.96. The van der Waals surface area contributed by atoms with Gasteiger partial charge < -0.3 is 10.6 Å². The number of rotatable bonds is 5. The van der Waals surface area contributed by atoms with Crippen LogP contribution in [0.25, 0.3) is 0 Å². The van der Waals surface area contributed by atoms with Crippen molar-refractivity contribution in [2.75, 3.05) is 38.0 Å². The first-order valence-corrected chi connectivity index (χ1v) is 7.83. The predicted octanol–water partition coefficient (Wildman–Crippen LogP) is 2.93. The smallest absolute Gasteiger partial charge is 0.0484 e. The van der Waals surface area contributed by atoms with Crippen LogP contribution >= 0.6 is 15.9 Å². The van der Waals surface area contributed by atoms with Gasteiger partial charge >= 0.3 is 0 Å². The van der Waals surface area contributed by atoms with Gasteiger partial charge in [-0.3, -0.25) is 4.90 Å². The van der Waals surface area contributed by atoms with Crippen molar-refractivity contribution in [2.24, 2.45) is 0 Å². The molecule has 1 aromatic carbocycles. The number of hydrogen-bond acceptors (Lipinski definition) is 3. The maximum Gasteiger partial charge on any atom is 0.0484 e. The molecule has 2 N–H and O–H groups in total. The van der Waals surface area contributed by atoms with Crippen LogP contribution < -0.4 is 10.6 Å². The molecule has 1 aliphatic rings. The van der Waals surface area contributed by atoms with Gasteiger partial charge in [0.1, 0.15) is 0 Å². The molecular weight excluding hydrogens is 302 g/mol. The molecule has 0 bridgehead atoms. The normalized spacial score (nSPS) is 17.4. The van der Waals surface area contributed by atoms with E-state index in [0.29, 0.717) is 0 Å². The summed E-state index contributed by atoms with van der Waals surface area (Å²) in [6.07, 6.45) is 1.15. The fraction of sp³-hybridized carbons (Fsp3) is 0.600. The number of piperazine rings is 1. The Hall–Kier alpha value is -0.580. The Morgan fingerprint density at radius 1 is 1.26 bits per heavy atom. The monoisotopic (exact) mass is 325 g/mol. The summed E-state index contributed by atoms with van der Waals surface area (Å²) in [5.41, 5.74) is 1.44. The average Bonchev–Trinajstić information content (AvgIpc) is 2.42. The van der Waals surface area contributed by atoms with Gasteiger partial charge in [-0.1, -0.05) is 12.1 Å². The Bertz CT molecular complexity index is 400. The molecule has 0 amide bonds.